The predicted octanol–water partition coefficient (Wildman–Crippen LogP) is -0.766. The van der Waals surface area contributed by atoms with Gasteiger partial charge in [-0.2, -0.15) is 0 Å². The van der Waals surface area contributed by atoms with Crippen molar-refractivity contribution >= 4 is 11.7 Å². The maximum Gasteiger partial charge on any atom is 0.350 e. The van der Waals surface area contributed by atoms with E-state index in [4.69, 9.17) is 0 Å². The van der Waals surface area contributed by atoms with Gasteiger partial charge in [-0.15, -0.1) is 0 Å². The maximum atomic E-state index is 10.9. The third kappa shape index (κ3) is 1.31. The average Bonchev–Trinajstić information content (AvgIpc) is 1.82. The number of amides is 1. The average molecular weight is 170 g/mol. The second-order valence-corrected chi connectivity index (χ2v) is 2.41. The largest absolute Gasteiger partial charge is 0.350 e. The Morgan fingerprint density at radius 1 is 1.58 bits per heavy atom. The van der Waals surface area contributed by atoms with Crippen LogP contribution < -0.4 is 5.32 Å². The highest BCUT2D eigenvalue weighted by Crippen LogP contribution is 2.04. The molecule has 0 aliphatic carbocycles. The number of nitro groups is 1. The Hall–Kier alpha value is -1.72. The number of hydrogen-bond donors (Lipinski definition) is 1. The highest BCUT2D eigenvalue weighted by molar-refractivity contribution is 6.12. The molecule has 1 atom stereocenters. The fraction of sp³-hybridized carbons (Fsp3) is 0.333. The quantitative estimate of drug-likeness (QED) is 0.318. The van der Waals surface area contributed by atoms with Crippen molar-refractivity contribution < 1.29 is 14.5 Å². The molecule has 6 heteroatoms. The molecular weight excluding hydrogens is 164 g/mol. The minimum absolute atomic E-state index is 0.336. The van der Waals surface area contributed by atoms with Gasteiger partial charge in [0.15, 0.2) is 0 Å². The van der Waals surface area contributed by atoms with Gasteiger partial charge in [0.1, 0.15) is 0 Å². The lowest BCUT2D eigenvalue weighted by Crippen LogP contribution is -2.47. The smallest absolute Gasteiger partial charge is 0.324 e. The van der Waals surface area contributed by atoms with Crippen molar-refractivity contribution in [1.82, 2.24) is 5.32 Å². The molecule has 0 saturated heterocycles. The Morgan fingerprint density at radius 3 is 2.58 bits per heavy atom. The van der Waals surface area contributed by atoms with E-state index in [0.29, 0.717) is 5.70 Å². The van der Waals surface area contributed by atoms with Gasteiger partial charge in [-0.25, -0.2) is 0 Å². The number of nitrogens with one attached hydrogen (secondary N) is 1. The first-order valence-electron chi connectivity index (χ1n) is 3.19. The van der Waals surface area contributed by atoms with E-state index in [1.165, 1.54) is 6.92 Å². The predicted molar refractivity (Wildman–Crippen MR) is 37.7 cm³/mol. The molecule has 1 heterocycles. The van der Waals surface area contributed by atoms with E-state index in [1.54, 1.807) is 0 Å². The molecule has 1 unspecified atom stereocenters. The number of hydrogen-bond acceptors (Lipinski definition) is 4. The Bertz CT molecular complexity index is 294. The third-order valence-electron chi connectivity index (χ3n) is 1.41. The second kappa shape index (κ2) is 2.72. The summed E-state index contributed by atoms with van der Waals surface area (Å²) < 4.78 is 0. The van der Waals surface area contributed by atoms with Crippen LogP contribution in [0.1, 0.15) is 6.92 Å². The van der Waals surface area contributed by atoms with Crippen LogP contribution >= 0.6 is 0 Å². The minimum Gasteiger partial charge on any atom is -0.324 e. The van der Waals surface area contributed by atoms with Crippen molar-refractivity contribution in [2.45, 2.75) is 13.0 Å². The van der Waals surface area contributed by atoms with Crippen molar-refractivity contribution in [3.63, 3.8) is 0 Å². The molecule has 64 valence electrons. The number of rotatable bonds is 1. The number of allylic oxidation sites excluding steroid dienone is 1. The standard InChI is InChI=1S/C6H6N2O4/c1-3-2-4(9)5(8(11)12)6(10)7-3/h2,5H,1H3,(H,7,10). The van der Waals surface area contributed by atoms with Crippen LogP contribution in [-0.4, -0.2) is 22.7 Å². The van der Waals surface area contributed by atoms with Crippen LogP contribution in [0.15, 0.2) is 11.8 Å². The van der Waals surface area contributed by atoms with Crippen molar-refractivity contribution in [3.05, 3.63) is 21.9 Å². The van der Waals surface area contributed by atoms with E-state index in [9.17, 15) is 19.7 Å². The lowest BCUT2D eigenvalue weighted by molar-refractivity contribution is -0.493. The zero-order chi connectivity index (χ0) is 9.30. The Kier molecular flexibility index (Phi) is 1.90. The summed E-state index contributed by atoms with van der Waals surface area (Å²) in [5, 5.41) is 12.4. The topological polar surface area (TPSA) is 89.3 Å². The molecule has 0 aromatic heterocycles. The fourth-order valence-electron chi connectivity index (χ4n) is 0.920. The molecular formula is C6H6N2O4. The fourth-order valence-corrected chi connectivity index (χ4v) is 0.920. The van der Waals surface area contributed by atoms with E-state index in [-0.39, 0.29) is 0 Å². The maximum absolute atomic E-state index is 10.9. The first kappa shape index (κ1) is 8.38. The summed E-state index contributed by atoms with van der Waals surface area (Å²) in [5.74, 6) is -1.65. The van der Waals surface area contributed by atoms with Crippen molar-refractivity contribution in [3.8, 4) is 0 Å². The van der Waals surface area contributed by atoms with Crippen LogP contribution in [0.25, 0.3) is 0 Å². The molecule has 0 fully saturated rings. The Balaban J connectivity index is 2.98. The molecule has 1 aliphatic heterocycles. The van der Waals surface area contributed by atoms with Gasteiger partial charge in [-0.3, -0.25) is 19.7 Å². The molecule has 0 aromatic carbocycles. The molecule has 0 bridgehead atoms. The summed E-state index contributed by atoms with van der Waals surface area (Å²) in [4.78, 5) is 31.0. The third-order valence-corrected chi connectivity index (χ3v) is 1.41. The van der Waals surface area contributed by atoms with Crippen LogP contribution in [0.5, 0.6) is 0 Å². The Labute approximate surface area is 67.4 Å². The van der Waals surface area contributed by atoms with Gasteiger partial charge in [0.2, 0.25) is 5.78 Å². The van der Waals surface area contributed by atoms with Gasteiger partial charge in [-0.1, -0.05) is 0 Å². The summed E-state index contributed by atoms with van der Waals surface area (Å²) in [6, 6.07) is -1.77. The van der Waals surface area contributed by atoms with E-state index in [1.807, 2.05) is 0 Å². The first-order valence-corrected chi connectivity index (χ1v) is 3.19. The van der Waals surface area contributed by atoms with Gasteiger partial charge in [0.05, 0.1) is 0 Å². The summed E-state index contributed by atoms with van der Waals surface area (Å²) >= 11 is 0. The van der Waals surface area contributed by atoms with Crippen molar-refractivity contribution in [2.75, 3.05) is 0 Å². The summed E-state index contributed by atoms with van der Waals surface area (Å²) in [7, 11) is 0. The molecule has 6 nitrogen and oxygen atoms in total. The molecule has 0 radical (unpaired) electrons. The zero-order valence-corrected chi connectivity index (χ0v) is 6.23. The summed E-state index contributed by atoms with van der Waals surface area (Å²) in [6.07, 6.45) is 1.05. The van der Waals surface area contributed by atoms with Crippen LogP contribution in [0.2, 0.25) is 0 Å². The number of carbonyl (C=O) groups is 2. The van der Waals surface area contributed by atoms with E-state index < -0.39 is 22.7 Å². The van der Waals surface area contributed by atoms with Crippen LogP contribution in [0, 0.1) is 10.1 Å². The zero-order valence-electron chi connectivity index (χ0n) is 6.23. The molecule has 1 aliphatic rings. The molecule has 1 N–H and O–H groups in total. The normalized spacial score (nSPS) is 23.1. The molecule has 0 aromatic rings. The van der Waals surface area contributed by atoms with Crippen LogP contribution in [0.4, 0.5) is 0 Å². The van der Waals surface area contributed by atoms with Crippen molar-refractivity contribution in [1.29, 1.82) is 0 Å². The summed E-state index contributed by atoms with van der Waals surface area (Å²) in [6.45, 7) is 1.49. The molecule has 0 spiro atoms. The highest BCUT2D eigenvalue weighted by Gasteiger charge is 2.39. The van der Waals surface area contributed by atoms with E-state index in [0.717, 1.165) is 6.08 Å². The second-order valence-electron chi connectivity index (χ2n) is 2.41. The summed E-state index contributed by atoms with van der Waals surface area (Å²) in [5.41, 5.74) is 0.336. The molecule has 12 heavy (non-hydrogen) atoms. The van der Waals surface area contributed by atoms with Gasteiger partial charge < -0.3 is 5.32 Å². The van der Waals surface area contributed by atoms with Crippen LogP contribution in [0.3, 0.4) is 0 Å². The molecule has 1 amide bonds. The lowest BCUT2D eigenvalue weighted by Gasteiger charge is -2.12. The molecule has 0 saturated carbocycles. The lowest BCUT2D eigenvalue weighted by atomic mass is 10.1. The number of ketones is 1. The SMILES string of the molecule is CC1=CC(=O)C([N+](=O)[O-])C(=O)N1. The van der Waals surface area contributed by atoms with Gasteiger partial charge >= 0.3 is 11.9 Å². The van der Waals surface area contributed by atoms with Gasteiger partial charge in [-0.05, 0) is 6.92 Å². The monoisotopic (exact) mass is 170 g/mol. The van der Waals surface area contributed by atoms with E-state index >= 15 is 0 Å². The first-order chi connectivity index (χ1) is 5.52. The van der Waals surface area contributed by atoms with E-state index in [2.05, 4.69) is 5.32 Å². The number of carbonyl (C=O) groups excluding carboxylic acids is 2. The Morgan fingerprint density at radius 2 is 2.17 bits per heavy atom. The number of nitrogens with zero attached hydrogens (tertiary/aromatic N) is 1. The molecule has 1 rings (SSSR count). The van der Waals surface area contributed by atoms with Crippen LogP contribution in [-0.2, 0) is 9.59 Å². The van der Waals surface area contributed by atoms with Gasteiger partial charge in [0, 0.05) is 16.7 Å². The minimum atomic E-state index is -1.77. The van der Waals surface area contributed by atoms with Crippen molar-refractivity contribution in [2.24, 2.45) is 0 Å². The van der Waals surface area contributed by atoms with Gasteiger partial charge in [0.25, 0.3) is 0 Å². The highest BCUT2D eigenvalue weighted by atomic mass is 16.6.